The molecule has 142 valence electrons. The minimum atomic E-state index is -0.767. The molecular formula is C27H25PZr. The monoisotopic (exact) mass is 470 g/mol. The van der Waals surface area contributed by atoms with Gasteiger partial charge in [0.05, 0.1) is 0 Å². The van der Waals surface area contributed by atoms with Crippen molar-refractivity contribution in [3.63, 3.8) is 0 Å². The number of benzene rings is 3. The third kappa shape index (κ3) is 3.58. The van der Waals surface area contributed by atoms with Crippen molar-refractivity contribution in [2.75, 3.05) is 0 Å². The Morgan fingerprint density at radius 2 is 1.55 bits per heavy atom. The van der Waals surface area contributed by atoms with Crippen LogP contribution in [0.3, 0.4) is 0 Å². The van der Waals surface area contributed by atoms with Crippen LogP contribution in [0.15, 0.2) is 72.1 Å². The maximum absolute atomic E-state index is 2.52. The van der Waals surface area contributed by atoms with Gasteiger partial charge < -0.3 is 0 Å². The summed E-state index contributed by atoms with van der Waals surface area (Å²) in [4.78, 5) is 0. The van der Waals surface area contributed by atoms with Gasteiger partial charge in [-0.25, -0.2) is 0 Å². The Labute approximate surface area is 187 Å². The van der Waals surface area contributed by atoms with Crippen molar-refractivity contribution in [3.8, 4) is 0 Å². The summed E-state index contributed by atoms with van der Waals surface area (Å²) in [6, 6.07) is 22.6. The number of allylic oxidation sites excluding steroid dienone is 2. The number of hydrogen-bond donors (Lipinski definition) is 0. The fourth-order valence-electron chi connectivity index (χ4n) is 4.58. The number of hydrogen-bond acceptors (Lipinski definition) is 0. The van der Waals surface area contributed by atoms with Crippen LogP contribution in [0.4, 0.5) is 0 Å². The van der Waals surface area contributed by atoms with Crippen molar-refractivity contribution in [2.45, 2.75) is 28.0 Å². The zero-order valence-corrected chi connectivity index (χ0v) is 20.6. The zero-order valence-electron chi connectivity index (χ0n) is 17.2. The van der Waals surface area contributed by atoms with Gasteiger partial charge in [-0.05, 0) is 0 Å². The molecule has 5 rings (SSSR count). The van der Waals surface area contributed by atoms with Gasteiger partial charge in [-0.2, -0.15) is 0 Å². The molecule has 0 saturated heterocycles. The molecule has 3 atom stereocenters. The molecule has 29 heavy (non-hydrogen) atoms. The summed E-state index contributed by atoms with van der Waals surface area (Å²) in [5.74, 6) is 0. The van der Waals surface area contributed by atoms with E-state index in [1.807, 2.05) is 0 Å². The van der Waals surface area contributed by atoms with E-state index in [0.717, 1.165) is 8.58 Å². The van der Waals surface area contributed by atoms with Gasteiger partial charge in [-0.15, -0.1) is 0 Å². The minimum absolute atomic E-state index is 0.674. The summed E-state index contributed by atoms with van der Waals surface area (Å²) in [5.41, 5.74) is 10.5. The summed E-state index contributed by atoms with van der Waals surface area (Å²) >= 11 is -0.767. The van der Waals surface area contributed by atoms with Gasteiger partial charge in [-0.3, -0.25) is 0 Å². The van der Waals surface area contributed by atoms with E-state index in [1.54, 1.807) is 16.4 Å². The van der Waals surface area contributed by atoms with E-state index in [9.17, 15) is 0 Å². The number of rotatable bonds is 4. The first kappa shape index (κ1) is 19.4. The topological polar surface area (TPSA) is 0 Å². The fraction of sp³-hybridized carbons (Fsp3) is 0.185. The Kier molecular flexibility index (Phi) is 5.32. The molecule has 3 aromatic carbocycles. The predicted octanol–water partition coefficient (Wildman–Crippen LogP) is 6.86. The van der Waals surface area contributed by atoms with Crippen LogP contribution in [0.2, 0.25) is 0 Å². The standard InChI is InChI=1S/C16H14P.C11H11.Zr/c1-12-6-2-5-9-16(12)17-15-10-13-7-3-4-8-14(13)11-15;1-8-6-7-9(2)11-5-3-4-10(8)11;/h2-11,17H,1H3;3-7H,1-2H3;. The molecule has 3 aromatic rings. The second kappa shape index (κ2) is 7.94. The summed E-state index contributed by atoms with van der Waals surface area (Å²) in [6.07, 6.45) is 7.43. The van der Waals surface area contributed by atoms with Crippen LogP contribution in [0.1, 0.15) is 46.2 Å². The van der Waals surface area contributed by atoms with Gasteiger partial charge in [0.25, 0.3) is 0 Å². The van der Waals surface area contributed by atoms with E-state index in [4.69, 9.17) is 0 Å². The van der Waals surface area contributed by atoms with Gasteiger partial charge in [0.2, 0.25) is 0 Å². The molecule has 0 saturated carbocycles. The van der Waals surface area contributed by atoms with Gasteiger partial charge in [0.1, 0.15) is 0 Å². The van der Waals surface area contributed by atoms with Crippen molar-refractivity contribution in [1.82, 2.24) is 0 Å². The average Bonchev–Trinajstić information content (AvgIpc) is 3.30. The third-order valence-electron chi connectivity index (χ3n) is 6.19. The molecule has 2 aliphatic rings. The van der Waals surface area contributed by atoms with E-state index in [1.165, 1.54) is 33.1 Å². The van der Waals surface area contributed by atoms with E-state index >= 15 is 0 Å². The maximum atomic E-state index is 2.52. The molecule has 0 aromatic heterocycles. The van der Waals surface area contributed by atoms with Crippen molar-refractivity contribution in [2.24, 2.45) is 0 Å². The van der Waals surface area contributed by atoms with Crippen LogP contribution in [-0.2, 0) is 23.2 Å². The van der Waals surface area contributed by atoms with Crippen LogP contribution in [-0.4, -0.2) is 0 Å². The molecule has 0 heterocycles. The van der Waals surface area contributed by atoms with Crippen LogP contribution in [0.25, 0.3) is 12.2 Å². The quantitative estimate of drug-likeness (QED) is 0.365. The van der Waals surface area contributed by atoms with Crippen LogP contribution >= 0.6 is 8.58 Å². The molecule has 3 unspecified atom stereocenters. The Morgan fingerprint density at radius 1 is 0.793 bits per heavy atom. The molecule has 0 fully saturated rings. The average molecular weight is 472 g/mol. The van der Waals surface area contributed by atoms with Gasteiger partial charge in [0, 0.05) is 0 Å². The Bertz CT molecular complexity index is 1150. The van der Waals surface area contributed by atoms with Crippen molar-refractivity contribution >= 4 is 26.0 Å². The summed E-state index contributed by atoms with van der Waals surface area (Å²) in [5, 5.41) is 3.17. The van der Waals surface area contributed by atoms with Crippen LogP contribution < -0.4 is 5.30 Å². The number of aryl methyl sites for hydroxylation is 3. The van der Waals surface area contributed by atoms with Crippen molar-refractivity contribution in [3.05, 3.63) is 111 Å². The molecule has 0 radical (unpaired) electrons. The molecule has 0 amide bonds. The second-order valence-electron chi connectivity index (χ2n) is 8.13. The first-order valence-corrected chi connectivity index (χ1v) is 14.1. The van der Waals surface area contributed by atoms with Crippen molar-refractivity contribution < 1.29 is 23.2 Å². The van der Waals surface area contributed by atoms with Crippen LogP contribution in [0.5, 0.6) is 0 Å². The van der Waals surface area contributed by atoms with E-state index < -0.39 is 23.2 Å². The SMILES string of the molecule is Cc1ccccc1PC1=Cc2ccccc2[CH]1[Zr][CH]1C=Cc2c(C)ccc(C)c21. The zero-order chi connectivity index (χ0) is 20.0. The predicted molar refractivity (Wildman–Crippen MR) is 124 cm³/mol. The van der Waals surface area contributed by atoms with Crippen molar-refractivity contribution in [1.29, 1.82) is 0 Å². The second-order valence-corrected chi connectivity index (χ2v) is 13.3. The molecule has 2 aliphatic carbocycles. The van der Waals surface area contributed by atoms with E-state index in [-0.39, 0.29) is 0 Å². The number of fused-ring (bicyclic) bond motifs is 2. The molecule has 0 nitrogen and oxygen atoms in total. The first-order valence-electron chi connectivity index (χ1n) is 10.3. The van der Waals surface area contributed by atoms with Gasteiger partial charge >= 0.3 is 188 Å². The fourth-order valence-corrected chi connectivity index (χ4v) is 11.4. The molecule has 0 N–H and O–H groups in total. The van der Waals surface area contributed by atoms with Gasteiger partial charge in [-0.1, -0.05) is 0 Å². The third-order valence-corrected chi connectivity index (χ3v) is 12.9. The summed E-state index contributed by atoms with van der Waals surface area (Å²) < 4.78 is 1.35. The Morgan fingerprint density at radius 3 is 2.41 bits per heavy atom. The Balaban J connectivity index is 1.50. The molecule has 0 bridgehead atoms. The van der Waals surface area contributed by atoms with Gasteiger partial charge in [0.15, 0.2) is 0 Å². The van der Waals surface area contributed by atoms with E-state index in [2.05, 4.69) is 99.7 Å². The molecule has 0 aliphatic heterocycles. The Hall–Kier alpha value is -1.55. The van der Waals surface area contributed by atoms with Crippen LogP contribution in [0, 0.1) is 20.8 Å². The molecule has 0 spiro atoms. The summed E-state index contributed by atoms with van der Waals surface area (Å²) in [7, 11) is 0.784. The van der Waals surface area contributed by atoms with E-state index in [0.29, 0.717) is 7.25 Å². The summed E-state index contributed by atoms with van der Waals surface area (Å²) in [6.45, 7) is 6.81. The normalized spacial score (nSPS) is 19.5. The molecular weight excluding hydrogens is 446 g/mol. The molecule has 2 heteroatoms. The first-order chi connectivity index (χ1) is 14.1.